The standard InChI is InChI=1S/C48H61NO14S2/c1-4-41(50)60-28-58-34-15-19-36(20-16-34)62-45(52)32-11-7-30(8-12-32)26-56-39-23-24-40(44-43(39)64-48(65-44)38(25-49)47(54)55-6-3)57-27-31-9-13-33(14-10-31)46(53)63-37-21-17-35(18-22-37)59-29-61-42(51)5-2/h4-5,23-24,30-37H,1-2,6-22,26-29H2,3H3. The van der Waals surface area contributed by atoms with E-state index in [1.165, 1.54) is 23.5 Å². The molecule has 4 aliphatic carbocycles. The molecule has 1 aliphatic heterocycles. The first-order valence-corrected chi connectivity index (χ1v) is 24.5. The molecule has 17 heteroatoms. The Morgan fingerprint density at radius 1 is 0.615 bits per heavy atom. The van der Waals surface area contributed by atoms with Gasteiger partial charge < -0.3 is 42.6 Å². The topological polar surface area (TPSA) is 192 Å². The lowest BCUT2D eigenvalue weighted by Crippen LogP contribution is -2.32. The van der Waals surface area contributed by atoms with Crippen LogP contribution in [0.25, 0.3) is 0 Å². The number of benzene rings is 1. The fraction of sp³-hybridized carbons (Fsp3) is 0.625. The van der Waals surface area contributed by atoms with Crippen LogP contribution in [0, 0.1) is 35.0 Å². The molecule has 0 unspecified atom stereocenters. The van der Waals surface area contributed by atoms with Gasteiger partial charge in [0, 0.05) is 12.2 Å². The van der Waals surface area contributed by atoms with Crippen LogP contribution in [-0.2, 0) is 57.1 Å². The van der Waals surface area contributed by atoms with E-state index in [-0.39, 0.29) is 85.8 Å². The molecule has 0 atom stereocenters. The number of fused-ring (bicyclic) bond motifs is 1. The first-order chi connectivity index (χ1) is 31.6. The smallest absolute Gasteiger partial charge is 0.350 e. The van der Waals surface area contributed by atoms with Gasteiger partial charge in [-0.1, -0.05) is 36.7 Å². The predicted molar refractivity (Wildman–Crippen MR) is 238 cm³/mol. The van der Waals surface area contributed by atoms with Crippen LogP contribution in [0.5, 0.6) is 11.5 Å². The minimum Gasteiger partial charge on any atom is -0.492 e. The summed E-state index contributed by atoms with van der Waals surface area (Å²) in [6.07, 6.45) is 13.6. The summed E-state index contributed by atoms with van der Waals surface area (Å²) < 4.78 is 51.5. The predicted octanol–water partition coefficient (Wildman–Crippen LogP) is 8.67. The number of hydrogen-bond donors (Lipinski definition) is 0. The van der Waals surface area contributed by atoms with Crippen molar-refractivity contribution in [3.63, 3.8) is 0 Å². The van der Waals surface area contributed by atoms with Crippen LogP contribution in [0.2, 0.25) is 0 Å². The van der Waals surface area contributed by atoms with Gasteiger partial charge in [0.1, 0.15) is 29.8 Å². The van der Waals surface area contributed by atoms with E-state index in [1.807, 2.05) is 18.2 Å². The molecule has 6 rings (SSSR count). The van der Waals surface area contributed by atoms with E-state index >= 15 is 0 Å². The number of rotatable bonds is 20. The Kier molecular flexibility index (Phi) is 19.5. The average Bonchev–Trinajstić information content (AvgIpc) is 3.77. The Morgan fingerprint density at radius 2 is 1.02 bits per heavy atom. The van der Waals surface area contributed by atoms with Crippen LogP contribution >= 0.6 is 23.5 Å². The van der Waals surface area contributed by atoms with E-state index in [1.54, 1.807) is 6.92 Å². The summed E-state index contributed by atoms with van der Waals surface area (Å²) in [6.45, 7) is 9.25. The summed E-state index contributed by atoms with van der Waals surface area (Å²) in [4.78, 5) is 63.1. The normalized spacial score (nSPS) is 26.2. The van der Waals surface area contributed by atoms with Gasteiger partial charge >= 0.3 is 29.8 Å². The lowest BCUT2D eigenvalue weighted by molar-refractivity contribution is -0.165. The van der Waals surface area contributed by atoms with Crippen molar-refractivity contribution in [3.05, 3.63) is 47.3 Å². The Labute approximate surface area is 389 Å². The number of hydrogen-bond acceptors (Lipinski definition) is 17. The highest BCUT2D eigenvalue weighted by molar-refractivity contribution is 8.24. The lowest BCUT2D eigenvalue weighted by atomic mass is 9.82. The molecule has 1 heterocycles. The van der Waals surface area contributed by atoms with Crippen LogP contribution in [0.1, 0.15) is 110 Å². The van der Waals surface area contributed by atoms with Crippen molar-refractivity contribution in [2.45, 2.75) is 144 Å². The Hall–Kier alpha value is -4.50. The van der Waals surface area contributed by atoms with Crippen LogP contribution in [0.15, 0.2) is 57.0 Å². The summed E-state index contributed by atoms with van der Waals surface area (Å²) in [5, 5.41) is 9.97. The van der Waals surface area contributed by atoms with Crippen molar-refractivity contribution in [1.29, 1.82) is 5.26 Å². The number of ether oxygens (including phenoxy) is 9. The van der Waals surface area contributed by atoms with Gasteiger partial charge in [-0.3, -0.25) is 9.59 Å². The van der Waals surface area contributed by atoms with Crippen molar-refractivity contribution in [3.8, 4) is 17.6 Å². The second-order valence-corrected chi connectivity index (χ2v) is 19.4. The first-order valence-electron chi connectivity index (χ1n) is 22.9. The highest BCUT2D eigenvalue weighted by Crippen LogP contribution is 2.59. The van der Waals surface area contributed by atoms with Gasteiger partial charge in [-0.25, -0.2) is 14.4 Å². The quantitative estimate of drug-likeness (QED) is 0.0396. The molecule has 0 radical (unpaired) electrons. The number of nitrogens with zero attached hydrogens (tertiary/aromatic N) is 1. The molecule has 65 heavy (non-hydrogen) atoms. The van der Waals surface area contributed by atoms with Crippen molar-refractivity contribution >= 4 is 53.4 Å². The SMILES string of the molecule is C=CC(=O)OCOC1CCC(OC(=O)C2CCC(COc3ccc(OCC4CCC(C(=O)OC5CCC(OCOC(=O)C=C)CC5)CC4)c4c3SC(=C(C#N)C(=O)OCC)S4)CC2)CC1. The van der Waals surface area contributed by atoms with E-state index in [4.69, 9.17) is 42.6 Å². The molecule has 354 valence electrons. The highest BCUT2D eigenvalue weighted by Gasteiger charge is 2.35. The van der Waals surface area contributed by atoms with Crippen molar-refractivity contribution < 1.29 is 66.6 Å². The summed E-state index contributed by atoms with van der Waals surface area (Å²) in [6, 6.07) is 5.79. The minimum atomic E-state index is -0.677. The maximum absolute atomic E-state index is 13.1. The molecule has 1 aromatic carbocycles. The average molecular weight is 940 g/mol. The van der Waals surface area contributed by atoms with Gasteiger partial charge in [-0.15, -0.1) is 0 Å². The van der Waals surface area contributed by atoms with Crippen molar-refractivity contribution in [2.24, 2.45) is 23.7 Å². The van der Waals surface area contributed by atoms with Gasteiger partial charge in [-0.2, -0.15) is 5.26 Å². The van der Waals surface area contributed by atoms with E-state index in [9.17, 15) is 29.2 Å². The highest BCUT2D eigenvalue weighted by atomic mass is 32.2. The Bertz CT molecular complexity index is 1800. The molecule has 1 aromatic rings. The van der Waals surface area contributed by atoms with Crippen LogP contribution in [0.4, 0.5) is 0 Å². The first kappa shape index (κ1) is 49.9. The van der Waals surface area contributed by atoms with E-state index in [0.29, 0.717) is 80.3 Å². The molecule has 0 bridgehead atoms. The van der Waals surface area contributed by atoms with Crippen molar-refractivity contribution in [2.75, 3.05) is 33.4 Å². The Morgan fingerprint density at radius 3 is 1.38 bits per heavy atom. The molecular formula is C48H61NO14S2. The molecule has 0 saturated heterocycles. The van der Waals surface area contributed by atoms with Gasteiger partial charge in [0.15, 0.2) is 19.2 Å². The maximum atomic E-state index is 13.1. The van der Waals surface area contributed by atoms with E-state index in [2.05, 4.69) is 13.2 Å². The van der Waals surface area contributed by atoms with Crippen molar-refractivity contribution in [1.82, 2.24) is 0 Å². The summed E-state index contributed by atoms with van der Waals surface area (Å²) in [7, 11) is 0. The third-order valence-electron chi connectivity index (χ3n) is 12.7. The zero-order valence-electron chi connectivity index (χ0n) is 37.2. The van der Waals surface area contributed by atoms with Gasteiger partial charge in [0.25, 0.3) is 0 Å². The molecule has 4 saturated carbocycles. The molecule has 0 N–H and O–H groups in total. The van der Waals surface area contributed by atoms with E-state index < -0.39 is 17.9 Å². The Balaban J connectivity index is 0.957. The van der Waals surface area contributed by atoms with Crippen LogP contribution < -0.4 is 9.47 Å². The zero-order valence-corrected chi connectivity index (χ0v) is 38.8. The number of carbonyl (C=O) groups excluding carboxylic acids is 5. The minimum absolute atomic E-state index is 0.0412. The third-order valence-corrected chi connectivity index (χ3v) is 15.3. The zero-order chi connectivity index (χ0) is 46.1. The van der Waals surface area contributed by atoms with Crippen LogP contribution in [0.3, 0.4) is 0 Å². The molecule has 0 aromatic heterocycles. The molecule has 0 spiro atoms. The molecule has 4 fully saturated rings. The second-order valence-electron chi connectivity index (χ2n) is 17.1. The molecule has 5 aliphatic rings. The number of carbonyl (C=O) groups is 5. The third kappa shape index (κ3) is 14.7. The van der Waals surface area contributed by atoms with E-state index in [0.717, 1.165) is 73.3 Å². The van der Waals surface area contributed by atoms with Gasteiger partial charge in [0.05, 0.1) is 57.9 Å². The largest absolute Gasteiger partial charge is 0.492 e. The fourth-order valence-electron chi connectivity index (χ4n) is 8.83. The summed E-state index contributed by atoms with van der Waals surface area (Å²) >= 11 is 2.61. The number of esters is 5. The number of thioether (sulfide) groups is 2. The maximum Gasteiger partial charge on any atom is 0.350 e. The summed E-state index contributed by atoms with van der Waals surface area (Å²) in [5.41, 5.74) is -0.0637. The number of nitriles is 1. The monoisotopic (exact) mass is 939 g/mol. The van der Waals surface area contributed by atoms with Crippen LogP contribution in [-0.4, -0.2) is 87.7 Å². The lowest BCUT2D eigenvalue weighted by Gasteiger charge is -2.31. The second kappa shape index (κ2) is 25.4. The fourth-order valence-corrected chi connectivity index (χ4v) is 11.4. The van der Waals surface area contributed by atoms with Gasteiger partial charge in [0.2, 0.25) is 0 Å². The van der Waals surface area contributed by atoms with Gasteiger partial charge in [-0.05, 0) is 134 Å². The summed E-state index contributed by atoms with van der Waals surface area (Å²) in [5.74, 6) is -0.596. The molecule has 15 nitrogen and oxygen atoms in total. The molecule has 0 amide bonds. The molecular weight excluding hydrogens is 879 g/mol.